The molecule has 0 amide bonds. The number of rotatable bonds is 4. The average Bonchev–Trinajstić information content (AvgIpc) is 3.02. The maximum Gasteiger partial charge on any atom is 0.244 e. The third kappa shape index (κ3) is 2.86. The number of sulfonamides is 1. The molecular formula is C20H22N2O2S2. The van der Waals surface area contributed by atoms with Gasteiger partial charge in [0.1, 0.15) is 5.37 Å². The summed E-state index contributed by atoms with van der Waals surface area (Å²) in [4.78, 5) is 3.85. The molecule has 1 unspecified atom stereocenters. The molecule has 4 nitrogen and oxygen atoms in total. The van der Waals surface area contributed by atoms with Gasteiger partial charge in [-0.3, -0.25) is 0 Å². The number of hydrogen-bond donors (Lipinski definition) is 1. The Hall–Kier alpha value is -1.76. The molecule has 3 aromatic rings. The van der Waals surface area contributed by atoms with Crippen molar-refractivity contribution in [2.24, 2.45) is 0 Å². The Bertz CT molecular complexity index is 1040. The number of aryl methyl sites for hydroxylation is 1. The highest BCUT2D eigenvalue weighted by Crippen LogP contribution is 2.43. The van der Waals surface area contributed by atoms with E-state index in [0.717, 1.165) is 28.9 Å². The van der Waals surface area contributed by atoms with Crippen LogP contribution in [0, 0.1) is 6.92 Å². The largest absolute Gasteiger partial charge is 0.356 e. The highest BCUT2D eigenvalue weighted by atomic mass is 32.2. The average molecular weight is 387 g/mol. The van der Waals surface area contributed by atoms with E-state index < -0.39 is 10.0 Å². The normalized spacial score (nSPS) is 18.2. The monoisotopic (exact) mass is 386 g/mol. The van der Waals surface area contributed by atoms with Crippen LogP contribution in [0.5, 0.6) is 0 Å². The Morgan fingerprint density at radius 2 is 1.88 bits per heavy atom. The minimum absolute atomic E-state index is 0.220. The first-order chi connectivity index (χ1) is 12.5. The lowest BCUT2D eigenvalue weighted by Gasteiger charge is -2.34. The number of thioether (sulfide) groups is 1. The lowest BCUT2D eigenvalue weighted by Crippen LogP contribution is -2.38. The molecule has 0 saturated carbocycles. The standard InChI is InChI=1S/C20H22N2O2S2/c1-3-25-20-19-17(16-6-4-5-7-18(16)21-19)12-13-22(20)26(23,24)15-10-8-14(2)9-11-15/h4-11,20-21H,3,12-13H2,1-2H3. The molecule has 1 N–H and O–H groups in total. The molecule has 2 heterocycles. The molecular weight excluding hydrogens is 364 g/mol. The first-order valence-corrected chi connectivity index (χ1v) is 11.3. The molecule has 4 rings (SSSR count). The third-order valence-electron chi connectivity index (χ3n) is 4.89. The van der Waals surface area contributed by atoms with Gasteiger partial charge in [0, 0.05) is 23.1 Å². The van der Waals surface area contributed by atoms with Crippen LogP contribution in [0.4, 0.5) is 0 Å². The smallest absolute Gasteiger partial charge is 0.244 e. The second-order valence-electron chi connectivity index (χ2n) is 6.55. The van der Waals surface area contributed by atoms with E-state index in [9.17, 15) is 8.42 Å². The Kier molecular flexibility index (Phi) is 4.59. The number of nitrogens with zero attached hydrogens (tertiary/aromatic N) is 1. The molecule has 0 aliphatic carbocycles. The number of H-pyrrole nitrogens is 1. The second kappa shape index (κ2) is 6.76. The quantitative estimate of drug-likeness (QED) is 0.719. The van der Waals surface area contributed by atoms with Crippen molar-refractivity contribution in [1.29, 1.82) is 0 Å². The summed E-state index contributed by atoms with van der Waals surface area (Å²) < 4.78 is 28.3. The summed E-state index contributed by atoms with van der Waals surface area (Å²) in [6, 6.07) is 15.3. The molecule has 1 aliphatic heterocycles. The van der Waals surface area contributed by atoms with Crippen LogP contribution in [0.15, 0.2) is 53.4 Å². The van der Waals surface area contributed by atoms with Crippen molar-refractivity contribution in [3.8, 4) is 0 Å². The van der Waals surface area contributed by atoms with Gasteiger partial charge in [0.15, 0.2) is 0 Å². The van der Waals surface area contributed by atoms with E-state index in [0.29, 0.717) is 11.4 Å². The van der Waals surface area contributed by atoms with Crippen LogP contribution in [-0.4, -0.2) is 30.0 Å². The van der Waals surface area contributed by atoms with E-state index in [1.165, 1.54) is 10.9 Å². The minimum atomic E-state index is -3.54. The molecule has 26 heavy (non-hydrogen) atoms. The van der Waals surface area contributed by atoms with E-state index in [4.69, 9.17) is 0 Å². The summed E-state index contributed by atoms with van der Waals surface area (Å²) >= 11 is 1.66. The highest BCUT2D eigenvalue weighted by Gasteiger charge is 2.38. The molecule has 0 fully saturated rings. The Labute approximate surface area is 158 Å². The predicted molar refractivity (Wildman–Crippen MR) is 108 cm³/mol. The first kappa shape index (κ1) is 17.6. The molecule has 1 atom stereocenters. The van der Waals surface area contributed by atoms with Gasteiger partial charge in [-0.1, -0.05) is 42.8 Å². The van der Waals surface area contributed by atoms with Gasteiger partial charge in [0.2, 0.25) is 10.0 Å². The SMILES string of the molecule is CCSC1c2[nH]c3ccccc3c2CCN1S(=O)(=O)c1ccc(C)cc1. The zero-order chi connectivity index (χ0) is 18.3. The van der Waals surface area contributed by atoms with Gasteiger partial charge in [-0.2, -0.15) is 4.31 Å². The van der Waals surface area contributed by atoms with Crippen LogP contribution >= 0.6 is 11.8 Å². The fourth-order valence-electron chi connectivity index (χ4n) is 3.60. The van der Waals surface area contributed by atoms with Gasteiger partial charge in [0.25, 0.3) is 0 Å². The maximum absolute atomic E-state index is 13.3. The van der Waals surface area contributed by atoms with Crippen molar-refractivity contribution in [2.75, 3.05) is 12.3 Å². The molecule has 6 heteroatoms. The van der Waals surface area contributed by atoms with Crippen LogP contribution in [0.25, 0.3) is 10.9 Å². The van der Waals surface area contributed by atoms with Crippen molar-refractivity contribution in [3.63, 3.8) is 0 Å². The van der Waals surface area contributed by atoms with Gasteiger partial charge in [0.05, 0.1) is 4.90 Å². The zero-order valence-electron chi connectivity index (χ0n) is 14.9. The predicted octanol–water partition coefficient (Wildman–Crippen LogP) is 4.48. The maximum atomic E-state index is 13.3. The molecule has 0 spiro atoms. The number of aromatic nitrogens is 1. The van der Waals surface area contributed by atoms with E-state index in [2.05, 4.69) is 24.0 Å². The van der Waals surface area contributed by atoms with Crippen LogP contribution < -0.4 is 0 Å². The fourth-order valence-corrected chi connectivity index (χ4v) is 6.52. The van der Waals surface area contributed by atoms with E-state index in [1.807, 2.05) is 31.2 Å². The van der Waals surface area contributed by atoms with Crippen LogP contribution in [0.2, 0.25) is 0 Å². The van der Waals surface area contributed by atoms with E-state index >= 15 is 0 Å². The molecule has 0 radical (unpaired) electrons. The number of nitrogens with one attached hydrogen (secondary N) is 1. The lowest BCUT2D eigenvalue weighted by molar-refractivity contribution is 0.380. The van der Waals surface area contributed by atoms with Gasteiger partial charge in [-0.25, -0.2) is 8.42 Å². The van der Waals surface area contributed by atoms with Crippen molar-refractivity contribution in [3.05, 3.63) is 65.4 Å². The van der Waals surface area contributed by atoms with Gasteiger partial charge in [-0.15, -0.1) is 11.8 Å². The van der Waals surface area contributed by atoms with Crippen LogP contribution in [-0.2, 0) is 16.4 Å². The van der Waals surface area contributed by atoms with Crippen molar-refractivity contribution >= 4 is 32.7 Å². The van der Waals surface area contributed by atoms with E-state index in [1.54, 1.807) is 28.2 Å². The van der Waals surface area contributed by atoms with Crippen LogP contribution in [0.1, 0.15) is 29.1 Å². The summed E-state index contributed by atoms with van der Waals surface area (Å²) in [5.41, 5.74) is 4.41. The lowest BCUT2D eigenvalue weighted by atomic mass is 10.0. The number of hydrogen-bond acceptors (Lipinski definition) is 3. The highest BCUT2D eigenvalue weighted by molar-refractivity contribution is 8.00. The van der Waals surface area contributed by atoms with Crippen molar-refractivity contribution < 1.29 is 8.42 Å². The molecule has 0 bridgehead atoms. The van der Waals surface area contributed by atoms with E-state index in [-0.39, 0.29) is 5.37 Å². The summed E-state index contributed by atoms with van der Waals surface area (Å²) in [5.74, 6) is 0.847. The minimum Gasteiger partial charge on any atom is -0.356 e. The summed E-state index contributed by atoms with van der Waals surface area (Å²) in [5, 5.41) is 0.985. The Morgan fingerprint density at radius 1 is 1.15 bits per heavy atom. The number of para-hydroxylation sites is 1. The van der Waals surface area contributed by atoms with Crippen LogP contribution in [0.3, 0.4) is 0 Å². The molecule has 136 valence electrons. The zero-order valence-corrected chi connectivity index (χ0v) is 16.5. The first-order valence-electron chi connectivity index (χ1n) is 8.82. The third-order valence-corrected chi connectivity index (χ3v) is 8.04. The molecule has 2 aromatic carbocycles. The summed E-state index contributed by atoms with van der Waals surface area (Å²) in [6.45, 7) is 4.53. The van der Waals surface area contributed by atoms with Gasteiger partial charge in [-0.05, 0) is 42.9 Å². The van der Waals surface area contributed by atoms with Gasteiger partial charge >= 0.3 is 0 Å². The number of fused-ring (bicyclic) bond motifs is 3. The fraction of sp³-hybridized carbons (Fsp3) is 0.300. The molecule has 1 aliphatic rings. The van der Waals surface area contributed by atoms with Crippen molar-refractivity contribution in [1.82, 2.24) is 9.29 Å². The number of aromatic amines is 1. The Morgan fingerprint density at radius 3 is 2.62 bits per heavy atom. The summed E-state index contributed by atoms with van der Waals surface area (Å²) in [6.07, 6.45) is 0.727. The second-order valence-corrected chi connectivity index (χ2v) is 9.80. The molecule has 1 aromatic heterocycles. The topological polar surface area (TPSA) is 53.2 Å². The number of benzene rings is 2. The van der Waals surface area contributed by atoms with Gasteiger partial charge < -0.3 is 4.98 Å². The Balaban J connectivity index is 1.81. The molecule has 0 saturated heterocycles. The van der Waals surface area contributed by atoms with Crippen molar-refractivity contribution in [2.45, 2.75) is 30.5 Å². The summed E-state index contributed by atoms with van der Waals surface area (Å²) in [7, 11) is -3.54.